The molecule has 0 bridgehead atoms. The maximum absolute atomic E-state index is 13.0. The zero-order valence-electron chi connectivity index (χ0n) is 15.3. The third-order valence-electron chi connectivity index (χ3n) is 4.84. The van der Waals surface area contributed by atoms with E-state index in [1.807, 2.05) is 37.3 Å². The van der Waals surface area contributed by atoms with Crippen molar-refractivity contribution in [2.24, 2.45) is 0 Å². The quantitative estimate of drug-likeness (QED) is 0.891. The summed E-state index contributed by atoms with van der Waals surface area (Å²) in [4.78, 5) is 14.9. The van der Waals surface area contributed by atoms with Crippen molar-refractivity contribution in [3.8, 4) is 5.75 Å². The predicted molar refractivity (Wildman–Crippen MR) is 99.9 cm³/mol. The van der Waals surface area contributed by atoms with Crippen molar-refractivity contribution in [1.82, 2.24) is 10.2 Å². The van der Waals surface area contributed by atoms with Crippen molar-refractivity contribution in [3.63, 3.8) is 0 Å². The first-order valence-electron chi connectivity index (χ1n) is 8.97. The molecule has 2 aromatic carbocycles. The van der Waals surface area contributed by atoms with E-state index in [4.69, 9.17) is 4.74 Å². The highest BCUT2D eigenvalue weighted by Crippen LogP contribution is 2.21. The molecule has 1 saturated heterocycles. The van der Waals surface area contributed by atoms with Crippen molar-refractivity contribution >= 4 is 5.91 Å². The van der Waals surface area contributed by atoms with Gasteiger partial charge in [0.2, 0.25) is 0 Å². The van der Waals surface area contributed by atoms with E-state index in [2.05, 4.69) is 10.2 Å². The third kappa shape index (κ3) is 4.61. The standard InChI is InChI=1S/C21H25FN2O2/c1-15-3-8-20(26-2)19(13-15)21(25)23-18-9-11-24(12-10-18)14-16-4-6-17(22)7-5-16/h3-8,13,18H,9-12,14H2,1-2H3,(H,23,25). The summed E-state index contributed by atoms with van der Waals surface area (Å²) in [7, 11) is 1.58. The van der Waals surface area contributed by atoms with Gasteiger partial charge in [-0.15, -0.1) is 0 Å². The molecule has 1 aliphatic rings. The van der Waals surface area contributed by atoms with Gasteiger partial charge >= 0.3 is 0 Å². The van der Waals surface area contributed by atoms with E-state index >= 15 is 0 Å². The Bertz CT molecular complexity index is 753. The number of amides is 1. The van der Waals surface area contributed by atoms with Gasteiger partial charge in [-0.05, 0) is 49.6 Å². The van der Waals surface area contributed by atoms with Crippen LogP contribution in [-0.2, 0) is 6.54 Å². The summed E-state index contributed by atoms with van der Waals surface area (Å²) in [6, 6.07) is 12.4. The Morgan fingerprint density at radius 1 is 1.19 bits per heavy atom. The molecule has 1 amide bonds. The second kappa shape index (κ2) is 8.32. The second-order valence-electron chi connectivity index (χ2n) is 6.85. The van der Waals surface area contributed by atoms with Gasteiger partial charge in [0.1, 0.15) is 11.6 Å². The minimum absolute atomic E-state index is 0.0810. The Balaban J connectivity index is 1.53. The number of likely N-dealkylation sites (tertiary alicyclic amines) is 1. The summed E-state index contributed by atoms with van der Waals surface area (Å²) in [5.74, 6) is 0.311. The van der Waals surface area contributed by atoms with E-state index in [-0.39, 0.29) is 17.8 Å². The molecule has 0 spiro atoms. The summed E-state index contributed by atoms with van der Waals surface area (Å²) in [5.41, 5.74) is 2.73. The van der Waals surface area contributed by atoms with Gasteiger partial charge < -0.3 is 10.1 Å². The van der Waals surface area contributed by atoms with Crippen molar-refractivity contribution in [2.75, 3.05) is 20.2 Å². The van der Waals surface area contributed by atoms with Gasteiger partial charge in [-0.3, -0.25) is 9.69 Å². The lowest BCUT2D eigenvalue weighted by molar-refractivity contribution is 0.0906. The number of ether oxygens (including phenoxy) is 1. The molecular formula is C21H25FN2O2. The number of methoxy groups -OCH3 is 1. The summed E-state index contributed by atoms with van der Waals surface area (Å²) < 4.78 is 18.3. The fourth-order valence-corrected chi connectivity index (χ4v) is 3.35. The lowest BCUT2D eigenvalue weighted by atomic mass is 10.0. The molecule has 0 unspecified atom stereocenters. The fourth-order valence-electron chi connectivity index (χ4n) is 3.35. The number of carbonyl (C=O) groups excluding carboxylic acids is 1. The first kappa shape index (κ1) is 18.4. The Labute approximate surface area is 154 Å². The number of rotatable bonds is 5. The molecule has 0 saturated carbocycles. The highest BCUT2D eigenvalue weighted by Gasteiger charge is 2.22. The smallest absolute Gasteiger partial charge is 0.255 e. The van der Waals surface area contributed by atoms with Crippen LogP contribution in [0.5, 0.6) is 5.75 Å². The minimum Gasteiger partial charge on any atom is -0.496 e. The number of hydrogen-bond donors (Lipinski definition) is 1. The monoisotopic (exact) mass is 356 g/mol. The highest BCUT2D eigenvalue weighted by atomic mass is 19.1. The number of hydrogen-bond acceptors (Lipinski definition) is 3. The Kier molecular flexibility index (Phi) is 5.89. The lowest BCUT2D eigenvalue weighted by Crippen LogP contribution is -2.44. The van der Waals surface area contributed by atoms with Crippen LogP contribution < -0.4 is 10.1 Å². The van der Waals surface area contributed by atoms with E-state index < -0.39 is 0 Å². The van der Waals surface area contributed by atoms with Gasteiger partial charge in [-0.1, -0.05) is 23.8 Å². The highest BCUT2D eigenvalue weighted by molar-refractivity contribution is 5.97. The first-order chi connectivity index (χ1) is 12.5. The van der Waals surface area contributed by atoms with E-state index in [0.29, 0.717) is 11.3 Å². The van der Waals surface area contributed by atoms with Crippen LogP contribution in [0.1, 0.15) is 34.3 Å². The topological polar surface area (TPSA) is 41.6 Å². The molecule has 1 heterocycles. The fraction of sp³-hybridized carbons (Fsp3) is 0.381. The molecule has 5 heteroatoms. The molecule has 1 aliphatic heterocycles. The molecule has 3 rings (SSSR count). The van der Waals surface area contributed by atoms with Gasteiger partial charge in [-0.25, -0.2) is 4.39 Å². The number of halogens is 1. The molecule has 2 aromatic rings. The Morgan fingerprint density at radius 3 is 2.54 bits per heavy atom. The zero-order chi connectivity index (χ0) is 18.5. The SMILES string of the molecule is COc1ccc(C)cc1C(=O)NC1CCN(Cc2ccc(F)cc2)CC1. The van der Waals surface area contributed by atoms with E-state index in [9.17, 15) is 9.18 Å². The van der Waals surface area contributed by atoms with E-state index in [1.165, 1.54) is 12.1 Å². The molecule has 0 atom stereocenters. The number of benzene rings is 2. The maximum Gasteiger partial charge on any atom is 0.255 e. The average Bonchev–Trinajstić information content (AvgIpc) is 2.65. The van der Waals surface area contributed by atoms with E-state index in [0.717, 1.165) is 43.6 Å². The predicted octanol–water partition coefficient (Wildman–Crippen LogP) is 3.54. The van der Waals surface area contributed by atoms with Gasteiger partial charge in [-0.2, -0.15) is 0 Å². The average molecular weight is 356 g/mol. The number of nitrogens with one attached hydrogen (secondary N) is 1. The van der Waals surface area contributed by atoms with Crippen LogP contribution in [0, 0.1) is 12.7 Å². The van der Waals surface area contributed by atoms with Crippen LogP contribution in [0.2, 0.25) is 0 Å². The lowest BCUT2D eigenvalue weighted by Gasteiger charge is -2.32. The number of carbonyl (C=O) groups is 1. The zero-order valence-corrected chi connectivity index (χ0v) is 15.3. The van der Waals surface area contributed by atoms with Crippen LogP contribution in [-0.4, -0.2) is 37.0 Å². The molecule has 4 nitrogen and oxygen atoms in total. The summed E-state index contributed by atoms with van der Waals surface area (Å²) in [6.45, 7) is 4.59. The molecular weight excluding hydrogens is 331 g/mol. The normalized spacial score (nSPS) is 15.7. The second-order valence-corrected chi connectivity index (χ2v) is 6.85. The first-order valence-corrected chi connectivity index (χ1v) is 8.97. The summed E-state index contributed by atoms with van der Waals surface area (Å²) in [5, 5.41) is 3.13. The van der Waals surface area contributed by atoms with Gasteiger partial charge in [0, 0.05) is 25.7 Å². The van der Waals surface area contributed by atoms with Crippen LogP contribution in [0.4, 0.5) is 4.39 Å². The molecule has 0 aliphatic carbocycles. The molecule has 0 radical (unpaired) electrons. The molecule has 1 N–H and O–H groups in total. The number of piperidine rings is 1. The van der Waals surface area contributed by atoms with Crippen molar-refractivity contribution in [2.45, 2.75) is 32.4 Å². The molecule has 1 fully saturated rings. The minimum atomic E-state index is -0.207. The van der Waals surface area contributed by atoms with Gasteiger partial charge in [0.15, 0.2) is 0 Å². The van der Waals surface area contributed by atoms with Crippen molar-refractivity contribution < 1.29 is 13.9 Å². The Morgan fingerprint density at radius 2 is 1.88 bits per heavy atom. The summed E-state index contributed by atoms with van der Waals surface area (Å²) in [6.07, 6.45) is 1.81. The number of nitrogens with zero attached hydrogens (tertiary/aromatic N) is 1. The number of aryl methyl sites for hydroxylation is 1. The van der Waals surface area contributed by atoms with Gasteiger partial charge in [0.25, 0.3) is 5.91 Å². The van der Waals surface area contributed by atoms with Crippen LogP contribution in [0.15, 0.2) is 42.5 Å². The van der Waals surface area contributed by atoms with Crippen LogP contribution >= 0.6 is 0 Å². The Hall–Kier alpha value is -2.40. The van der Waals surface area contributed by atoms with E-state index in [1.54, 1.807) is 7.11 Å². The molecule has 26 heavy (non-hydrogen) atoms. The third-order valence-corrected chi connectivity index (χ3v) is 4.84. The van der Waals surface area contributed by atoms with Gasteiger partial charge in [0.05, 0.1) is 12.7 Å². The molecule has 138 valence electrons. The van der Waals surface area contributed by atoms with Crippen molar-refractivity contribution in [1.29, 1.82) is 0 Å². The van der Waals surface area contributed by atoms with Crippen LogP contribution in [0.3, 0.4) is 0 Å². The van der Waals surface area contributed by atoms with Crippen molar-refractivity contribution in [3.05, 3.63) is 65.0 Å². The maximum atomic E-state index is 13.0. The van der Waals surface area contributed by atoms with Crippen LogP contribution in [0.25, 0.3) is 0 Å². The largest absolute Gasteiger partial charge is 0.496 e. The summed E-state index contributed by atoms with van der Waals surface area (Å²) >= 11 is 0. The molecule has 0 aromatic heterocycles.